The van der Waals surface area contributed by atoms with E-state index in [0.717, 1.165) is 30.5 Å². The van der Waals surface area contributed by atoms with Crippen molar-refractivity contribution in [1.82, 2.24) is 0 Å². The lowest BCUT2D eigenvalue weighted by molar-refractivity contribution is -0.137. The lowest BCUT2D eigenvalue weighted by atomic mass is 9.84. The Kier molecular flexibility index (Phi) is 5.80. The zero-order chi connectivity index (χ0) is 19.4. The van der Waals surface area contributed by atoms with Gasteiger partial charge in [-0.25, -0.2) is 0 Å². The van der Waals surface area contributed by atoms with Crippen molar-refractivity contribution in [1.29, 1.82) is 0 Å². The van der Waals surface area contributed by atoms with Crippen molar-refractivity contribution >= 4 is 11.9 Å². The molecule has 0 unspecified atom stereocenters. The highest BCUT2D eigenvalue weighted by Gasteiger charge is 2.37. The zero-order valence-corrected chi connectivity index (χ0v) is 14.7. The second-order valence-electron chi connectivity index (χ2n) is 6.90. The normalized spacial score (nSPS) is 21.5. The van der Waals surface area contributed by atoms with E-state index in [9.17, 15) is 23.1 Å². The molecule has 0 spiro atoms. The number of rotatable bonds is 5. The topological polar surface area (TPSA) is 37.3 Å². The van der Waals surface area contributed by atoms with E-state index in [2.05, 4.69) is 0 Å². The molecule has 0 aromatic heterocycles. The first-order valence-corrected chi connectivity index (χ1v) is 8.99. The van der Waals surface area contributed by atoms with Crippen molar-refractivity contribution in [3.8, 4) is 0 Å². The van der Waals surface area contributed by atoms with E-state index in [1.807, 2.05) is 36.4 Å². The number of hydrogen-bond acceptors (Lipinski definition) is 2. The number of carbonyl (C=O) groups excluding carboxylic acids is 1. The van der Waals surface area contributed by atoms with Crippen molar-refractivity contribution in [3.05, 3.63) is 77.4 Å². The summed E-state index contributed by atoms with van der Waals surface area (Å²) in [6, 6.07) is 13.9. The third-order valence-corrected chi connectivity index (χ3v) is 5.13. The van der Waals surface area contributed by atoms with Crippen molar-refractivity contribution in [2.45, 2.75) is 31.5 Å². The summed E-state index contributed by atoms with van der Waals surface area (Å²) in [5.74, 6) is -0.796. The average Bonchev–Trinajstić information content (AvgIpc) is 3.15. The number of ketones is 1. The number of alkyl halides is 3. The van der Waals surface area contributed by atoms with Gasteiger partial charge in [0.2, 0.25) is 0 Å². The highest BCUT2D eigenvalue weighted by atomic mass is 19.4. The largest absolute Gasteiger partial charge is 0.416 e. The quantitative estimate of drug-likeness (QED) is 0.714. The van der Waals surface area contributed by atoms with Gasteiger partial charge in [0, 0.05) is 11.5 Å². The van der Waals surface area contributed by atoms with Gasteiger partial charge in [0.1, 0.15) is 0 Å². The summed E-state index contributed by atoms with van der Waals surface area (Å²) < 4.78 is 38.1. The van der Waals surface area contributed by atoms with Gasteiger partial charge < -0.3 is 5.11 Å². The Balaban J connectivity index is 1.71. The molecule has 27 heavy (non-hydrogen) atoms. The van der Waals surface area contributed by atoms with Crippen LogP contribution in [0, 0.1) is 11.8 Å². The maximum atomic E-state index is 12.8. The zero-order valence-electron chi connectivity index (χ0n) is 14.7. The molecule has 0 amide bonds. The van der Waals surface area contributed by atoms with Gasteiger partial charge in [0.15, 0.2) is 5.78 Å². The van der Waals surface area contributed by atoms with Crippen LogP contribution in [0.1, 0.15) is 40.7 Å². The van der Waals surface area contributed by atoms with E-state index in [1.54, 1.807) is 6.08 Å². The SMILES string of the molecule is O=C(c1ccc(C(F)(F)F)cc1)[C@H]1CCC[C@@H]1[C@H](O)/C=C/c1ccccc1. The molecule has 0 bridgehead atoms. The van der Waals surface area contributed by atoms with E-state index in [4.69, 9.17) is 0 Å². The Hall–Kier alpha value is -2.40. The minimum atomic E-state index is -4.42. The van der Waals surface area contributed by atoms with Gasteiger partial charge in [-0.05, 0) is 36.5 Å². The van der Waals surface area contributed by atoms with Crippen LogP contribution in [0.2, 0.25) is 0 Å². The van der Waals surface area contributed by atoms with Crippen molar-refractivity contribution in [2.75, 3.05) is 0 Å². The second-order valence-corrected chi connectivity index (χ2v) is 6.90. The fraction of sp³-hybridized carbons (Fsp3) is 0.318. The predicted octanol–water partition coefficient (Wildman–Crippen LogP) is 5.38. The van der Waals surface area contributed by atoms with Crippen molar-refractivity contribution < 1.29 is 23.1 Å². The van der Waals surface area contributed by atoms with Crippen molar-refractivity contribution in [3.63, 3.8) is 0 Å². The fourth-order valence-corrected chi connectivity index (χ4v) is 3.68. The number of aliphatic hydroxyl groups is 1. The molecule has 0 aliphatic heterocycles. The van der Waals surface area contributed by atoms with E-state index in [0.29, 0.717) is 6.42 Å². The molecule has 1 aliphatic carbocycles. The summed E-state index contributed by atoms with van der Waals surface area (Å²) in [6.45, 7) is 0. The molecular formula is C22H21F3O2. The molecule has 2 aromatic rings. The molecule has 0 saturated heterocycles. The van der Waals surface area contributed by atoms with Gasteiger partial charge in [0.25, 0.3) is 0 Å². The van der Waals surface area contributed by atoms with Crippen LogP contribution >= 0.6 is 0 Å². The smallest absolute Gasteiger partial charge is 0.389 e. The fourth-order valence-electron chi connectivity index (χ4n) is 3.68. The molecule has 2 aromatic carbocycles. The minimum Gasteiger partial charge on any atom is -0.389 e. The van der Waals surface area contributed by atoms with Crippen LogP contribution in [-0.2, 0) is 6.18 Å². The Morgan fingerprint density at radius 1 is 1.04 bits per heavy atom. The van der Waals surface area contributed by atoms with Crippen LogP contribution in [-0.4, -0.2) is 17.0 Å². The molecule has 0 radical (unpaired) electrons. The van der Waals surface area contributed by atoms with Crippen LogP contribution in [0.5, 0.6) is 0 Å². The van der Waals surface area contributed by atoms with Gasteiger partial charge in [0.05, 0.1) is 11.7 Å². The summed E-state index contributed by atoms with van der Waals surface area (Å²) >= 11 is 0. The summed E-state index contributed by atoms with van der Waals surface area (Å²) in [5, 5.41) is 10.5. The molecule has 1 N–H and O–H groups in total. The molecule has 2 nitrogen and oxygen atoms in total. The van der Waals surface area contributed by atoms with E-state index < -0.39 is 17.8 Å². The number of hydrogen-bond donors (Lipinski definition) is 1. The highest BCUT2D eigenvalue weighted by molar-refractivity contribution is 5.98. The van der Waals surface area contributed by atoms with Crippen LogP contribution < -0.4 is 0 Å². The number of benzene rings is 2. The molecule has 1 saturated carbocycles. The predicted molar refractivity (Wildman–Crippen MR) is 98.1 cm³/mol. The Labute approximate surface area is 156 Å². The number of carbonyl (C=O) groups is 1. The molecule has 1 aliphatic rings. The van der Waals surface area contributed by atoms with Gasteiger partial charge >= 0.3 is 6.18 Å². The van der Waals surface area contributed by atoms with Crippen LogP contribution in [0.3, 0.4) is 0 Å². The van der Waals surface area contributed by atoms with E-state index in [-0.39, 0.29) is 23.2 Å². The first kappa shape index (κ1) is 19.4. The molecule has 5 heteroatoms. The first-order chi connectivity index (χ1) is 12.9. The standard InChI is InChI=1S/C22H21F3O2/c23-22(24,25)17-12-10-16(11-13-17)21(27)19-8-4-7-18(19)20(26)14-9-15-5-2-1-3-6-15/h1-3,5-6,9-14,18-20,26H,4,7-8H2/b14-9+/t18-,19-,20+/m0/s1. The third-order valence-electron chi connectivity index (χ3n) is 5.13. The highest BCUT2D eigenvalue weighted by Crippen LogP contribution is 2.37. The van der Waals surface area contributed by atoms with Crippen LogP contribution in [0.25, 0.3) is 6.08 Å². The number of aliphatic hydroxyl groups excluding tert-OH is 1. The van der Waals surface area contributed by atoms with E-state index in [1.165, 1.54) is 12.1 Å². The van der Waals surface area contributed by atoms with Crippen LogP contribution in [0.4, 0.5) is 13.2 Å². The third kappa shape index (κ3) is 4.66. The van der Waals surface area contributed by atoms with Crippen molar-refractivity contribution in [2.24, 2.45) is 11.8 Å². The summed E-state index contributed by atoms with van der Waals surface area (Å²) in [7, 11) is 0. The average molecular weight is 374 g/mol. The second kappa shape index (κ2) is 8.09. The first-order valence-electron chi connectivity index (χ1n) is 8.99. The van der Waals surface area contributed by atoms with Gasteiger partial charge in [-0.1, -0.05) is 61.0 Å². The van der Waals surface area contributed by atoms with E-state index >= 15 is 0 Å². The molecule has 1 fully saturated rings. The van der Waals surface area contributed by atoms with Crippen LogP contribution in [0.15, 0.2) is 60.7 Å². The summed E-state index contributed by atoms with van der Waals surface area (Å²) in [4.78, 5) is 12.8. The molecule has 3 atom stereocenters. The Morgan fingerprint density at radius 2 is 1.70 bits per heavy atom. The minimum absolute atomic E-state index is 0.196. The maximum absolute atomic E-state index is 12.8. The Morgan fingerprint density at radius 3 is 2.33 bits per heavy atom. The lowest BCUT2D eigenvalue weighted by Crippen LogP contribution is -2.27. The van der Waals surface area contributed by atoms with Gasteiger partial charge in [-0.3, -0.25) is 4.79 Å². The molecular weight excluding hydrogens is 353 g/mol. The summed E-state index contributed by atoms with van der Waals surface area (Å²) in [6.07, 6.45) is 0.503. The maximum Gasteiger partial charge on any atom is 0.416 e. The summed E-state index contributed by atoms with van der Waals surface area (Å²) in [5.41, 5.74) is 0.451. The monoisotopic (exact) mass is 374 g/mol. The molecule has 3 rings (SSSR count). The van der Waals surface area contributed by atoms with Gasteiger partial charge in [-0.2, -0.15) is 13.2 Å². The Bertz CT molecular complexity index is 795. The lowest BCUT2D eigenvalue weighted by Gasteiger charge is -2.22. The molecule has 0 heterocycles. The molecule has 142 valence electrons. The number of Topliss-reactive ketones (excluding diaryl/α,β-unsaturated/α-hetero) is 1. The van der Waals surface area contributed by atoms with Gasteiger partial charge in [-0.15, -0.1) is 0 Å². The number of halogens is 3.